The predicted octanol–water partition coefficient (Wildman–Crippen LogP) is 4.18. The number of nitrogens with one attached hydrogen (secondary N) is 2. The molecule has 1 aromatic carbocycles. The summed E-state index contributed by atoms with van der Waals surface area (Å²) >= 11 is 6.23. The molecule has 30 heavy (non-hydrogen) atoms. The van der Waals surface area contributed by atoms with Crippen LogP contribution in [0.1, 0.15) is 43.2 Å². The molecule has 4 aliphatic carbocycles. The quantitative estimate of drug-likeness (QED) is 0.645. The molecule has 4 N–H and O–H groups in total. The van der Waals surface area contributed by atoms with Crippen LogP contribution in [0.5, 0.6) is 0 Å². The fourth-order valence-corrected chi connectivity index (χ4v) is 6.42. The summed E-state index contributed by atoms with van der Waals surface area (Å²) in [6.45, 7) is 1.37. The molecule has 1 aromatic heterocycles. The minimum absolute atomic E-state index is 0.287. The van der Waals surface area contributed by atoms with E-state index >= 15 is 0 Å². The van der Waals surface area contributed by atoms with Crippen molar-refractivity contribution < 1.29 is 0 Å². The minimum Gasteiger partial charge on any atom is -0.368 e. The summed E-state index contributed by atoms with van der Waals surface area (Å²) in [6, 6.07) is 10.3. The van der Waals surface area contributed by atoms with Gasteiger partial charge in [0.2, 0.25) is 5.95 Å². The zero-order valence-electron chi connectivity index (χ0n) is 16.9. The summed E-state index contributed by atoms with van der Waals surface area (Å²) in [5, 5.41) is 17.0. The lowest BCUT2D eigenvalue weighted by atomic mass is 9.48. The Bertz CT molecular complexity index is 970. The molecule has 6 nitrogen and oxygen atoms in total. The molecule has 5 atom stereocenters. The van der Waals surface area contributed by atoms with Crippen LogP contribution in [0.25, 0.3) is 0 Å². The van der Waals surface area contributed by atoms with Crippen molar-refractivity contribution in [3.63, 3.8) is 0 Å². The number of aromatic nitrogens is 2. The third kappa shape index (κ3) is 3.61. The molecule has 156 valence electrons. The zero-order chi connectivity index (χ0) is 20.7. The van der Waals surface area contributed by atoms with E-state index in [0.29, 0.717) is 46.8 Å². The van der Waals surface area contributed by atoms with Crippen LogP contribution in [0.4, 0.5) is 11.8 Å². The number of anilines is 2. The molecular weight excluding hydrogens is 396 g/mol. The van der Waals surface area contributed by atoms with Crippen molar-refractivity contribution in [1.82, 2.24) is 9.97 Å². The van der Waals surface area contributed by atoms with Crippen molar-refractivity contribution in [2.24, 2.45) is 28.9 Å². The first-order valence-electron chi connectivity index (χ1n) is 10.8. The Morgan fingerprint density at radius 3 is 2.67 bits per heavy atom. The molecule has 4 bridgehead atoms. The number of nitrogens with two attached hydrogens (primary N) is 1. The van der Waals surface area contributed by atoms with Gasteiger partial charge in [-0.1, -0.05) is 29.8 Å². The van der Waals surface area contributed by atoms with Crippen molar-refractivity contribution in [1.29, 1.82) is 5.26 Å². The van der Waals surface area contributed by atoms with Gasteiger partial charge >= 0.3 is 0 Å². The minimum atomic E-state index is 0.287. The van der Waals surface area contributed by atoms with Crippen molar-refractivity contribution >= 4 is 23.4 Å². The normalized spacial score (nSPS) is 31.4. The largest absolute Gasteiger partial charge is 0.368 e. The molecule has 7 heteroatoms. The van der Waals surface area contributed by atoms with E-state index in [-0.39, 0.29) is 5.41 Å². The first kappa shape index (κ1) is 19.6. The maximum Gasteiger partial charge on any atom is 0.224 e. The number of rotatable bonds is 6. The summed E-state index contributed by atoms with van der Waals surface area (Å²) in [5.74, 6) is 3.23. The molecule has 4 aliphatic rings. The highest BCUT2D eigenvalue weighted by molar-refractivity contribution is 6.31. The average molecular weight is 423 g/mol. The van der Waals surface area contributed by atoms with Gasteiger partial charge in [-0.3, -0.25) is 0 Å². The van der Waals surface area contributed by atoms with Gasteiger partial charge in [0.15, 0.2) is 0 Å². The van der Waals surface area contributed by atoms with Gasteiger partial charge in [-0.05, 0) is 66.9 Å². The van der Waals surface area contributed by atoms with Crippen molar-refractivity contribution in [3.05, 3.63) is 46.6 Å². The molecule has 4 saturated carbocycles. The monoisotopic (exact) mass is 422 g/mol. The summed E-state index contributed by atoms with van der Waals surface area (Å²) in [4.78, 5) is 8.89. The Morgan fingerprint density at radius 2 is 1.93 bits per heavy atom. The predicted molar refractivity (Wildman–Crippen MR) is 118 cm³/mol. The Kier molecular flexibility index (Phi) is 5.04. The molecule has 4 fully saturated rings. The Hall–Kier alpha value is -2.36. The molecule has 0 spiro atoms. The van der Waals surface area contributed by atoms with Crippen LogP contribution in [-0.4, -0.2) is 22.6 Å². The van der Waals surface area contributed by atoms with Gasteiger partial charge in [0.1, 0.15) is 17.5 Å². The number of hydrogen-bond donors (Lipinski definition) is 3. The van der Waals surface area contributed by atoms with E-state index in [1.807, 2.05) is 24.3 Å². The summed E-state index contributed by atoms with van der Waals surface area (Å²) in [6.07, 6.45) is 7.83. The van der Waals surface area contributed by atoms with Crippen LogP contribution in [0.15, 0.2) is 30.5 Å². The molecule has 0 amide bonds. The molecule has 2 aromatic rings. The van der Waals surface area contributed by atoms with E-state index in [2.05, 4.69) is 26.7 Å². The van der Waals surface area contributed by atoms with Gasteiger partial charge in [0.25, 0.3) is 0 Å². The van der Waals surface area contributed by atoms with Crippen molar-refractivity contribution in [2.45, 2.75) is 44.7 Å². The fraction of sp³-hybridized carbons (Fsp3) is 0.522. The number of halogens is 1. The molecule has 0 radical (unpaired) electrons. The van der Waals surface area contributed by atoms with Crippen molar-refractivity contribution in [2.75, 3.05) is 17.2 Å². The zero-order valence-corrected chi connectivity index (χ0v) is 17.7. The third-order valence-electron chi connectivity index (χ3n) is 7.41. The van der Waals surface area contributed by atoms with E-state index in [4.69, 9.17) is 17.3 Å². The molecule has 0 saturated heterocycles. The van der Waals surface area contributed by atoms with Crippen LogP contribution in [0, 0.1) is 34.5 Å². The summed E-state index contributed by atoms with van der Waals surface area (Å²) < 4.78 is 0. The second kappa shape index (κ2) is 7.72. The number of benzene rings is 1. The number of nitrogens with zero attached hydrogens (tertiary/aromatic N) is 3. The van der Waals surface area contributed by atoms with Gasteiger partial charge in [-0.2, -0.15) is 10.2 Å². The highest BCUT2D eigenvalue weighted by atomic mass is 35.5. The lowest BCUT2D eigenvalue weighted by molar-refractivity contribution is -0.0591. The van der Waals surface area contributed by atoms with E-state index in [1.165, 1.54) is 32.1 Å². The number of hydrogen-bond acceptors (Lipinski definition) is 6. The van der Waals surface area contributed by atoms with Gasteiger partial charge < -0.3 is 16.4 Å². The van der Waals surface area contributed by atoms with E-state index in [0.717, 1.165) is 18.0 Å². The molecule has 0 aliphatic heterocycles. The smallest absolute Gasteiger partial charge is 0.224 e. The lowest BCUT2D eigenvalue weighted by Crippen LogP contribution is -2.58. The first-order chi connectivity index (χ1) is 14.5. The van der Waals surface area contributed by atoms with Crippen LogP contribution in [0.3, 0.4) is 0 Å². The maximum atomic E-state index is 9.52. The lowest BCUT2D eigenvalue weighted by Gasteiger charge is -2.59. The van der Waals surface area contributed by atoms with E-state index in [9.17, 15) is 5.26 Å². The summed E-state index contributed by atoms with van der Waals surface area (Å²) in [5.41, 5.74) is 8.23. The molecule has 1 heterocycles. The molecular formula is C23H27ClN6. The van der Waals surface area contributed by atoms with Gasteiger partial charge in [0, 0.05) is 24.2 Å². The summed E-state index contributed by atoms with van der Waals surface area (Å²) in [7, 11) is 0. The third-order valence-corrected chi connectivity index (χ3v) is 7.78. The Morgan fingerprint density at radius 1 is 1.17 bits per heavy atom. The van der Waals surface area contributed by atoms with Crippen LogP contribution >= 0.6 is 11.6 Å². The van der Waals surface area contributed by atoms with Gasteiger partial charge in [-0.25, -0.2) is 4.98 Å². The average Bonchev–Trinajstić information content (AvgIpc) is 2.75. The van der Waals surface area contributed by atoms with Crippen LogP contribution in [-0.2, 0) is 6.54 Å². The molecule has 3 unspecified atom stereocenters. The fourth-order valence-electron chi connectivity index (χ4n) is 6.22. The topological polar surface area (TPSA) is 99.6 Å². The van der Waals surface area contributed by atoms with E-state index < -0.39 is 0 Å². The first-order valence-corrected chi connectivity index (χ1v) is 11.2. The van der Waals surface area contributed by atoms with Crippen molar-refractivity contribution in [3.8, 4) is 6.07 Å². The van der Waals surface area contributed by atoms with E-state index in [1.54, 1.807) is 6.20 Å². The Labute approximate surface area is 182 Å². The Balaban J connectivity index is 1.29. The SMILES string of the molecule is N#Cc1cnc(NCc2ccccc2Cl)nc1NCC12CC3C[C@H](C1)C(N)[C@@H](C3)C2. The molecule has 6 rings (SSSR count). The highest BCUT2D eigenvalue weighted by Crippen LogP contribution is 2.59. The second-order valence-electron chi connectivity index (χ2n) is 9.41. The van der Waals surface area contributed by atoms with Crippen LogP contribution < -0.4 is 16.4 Å². The highest BCUT2D eigenvalue weighted by Gasteiger charge is 2.54. The standard InChI is InChI=1S/C23H27ClN6/c24-19-4-2-1-3-15(19)11-27-22-28-12-18(10-25)21(30-22)29-13-23-7-14-5-16(8-23)20(26)17(6-14)9-23/h1-4,12,14,16-17,20H,5-9,11,13,26H2,(H2,27,28,29,30)/t14?,16-,17+,20?,23?. The second-order valence-corrected chi connectivity index (χ2v) is 9.82. The van der Waals surface area contributed by atoms with Crippen LogP contribution in [0.2, 0.25) is 5.02 Å². The number of nitriles is 1. The maximum absolute atomic E-state index is 9.52. The van der Waals surface area contributed by atoms with Gasteiger partial charge in [-0.15, -0.1) is 0 Å². The van der Waals surface area contributed by atoms with Gasteiger partial charge in [0.05, 0.1) is 6.20 Å².